The van der Waals surface area contributed by atoms with Crippen LogP contribution in [0.2, 0.25) is 5.02 Å². The second-order valence-electron chi connectivity index (χ2n) is 5.91. The van der Waals surface area contributed by atoms with Crippen LogP contribution in [0.5, 0.6) is 0 Å². The molecule has 1 N–H and O–H groups in total. The molecular formula is C16H22ClN3OS. The first kappa shape index (κ1) is 16.1. The molecule has 1 saturated heterocycles. The topological polar surface area (TPSA) is 39.1 Å². The fourth-order valence-corrected chi connectivity index (χ4v) is 3.91. The molecule has 1 aromatic carbocycles. The lowest BCUT2D eigenvalue weighted by Crippen LogP contribution is -2.48. The minimum absolute atomic E-state index is 0.456. The summed E-state index contributed by atoms with van der Waals surface area (Å²) in [4.78, 5) is 9.30. The van der Waals surface area contributed by atoms with E-state index >= 15 is 0 Å². The highest BCUT2D eigenvalue weighted by atomic mass is 35.5. The van der Waals surface area contributed by atoms with Gasteiger partial charge in [0.25, 0.3) is 0 Å². The van der Waals surface area contributed by atoms with Gasteiger partial charge < -0.3 is 10.0 Å². The van der Waals surface area contributed by atoms with Crippen LogP contribution in [-0.4, -0.2) is 64.6 Å². The van der Waals surface area contributed by atoms with E-state index in [4.69, 9.17) is 11.6 Å². The van der Waals surface area contributed by atoms with Crippen molar-refractivity contribution in [1.29, 1.82) is 0 Å². The summed E-state index contributed by atoms with van der Waals surface area (Å²) in [6, 6.07) is 7.45. The Morgan fingerprint density at radius 1 is 1.27 bits per heavy atom. The zero-order chi connectivity index (χ0) is 15.5. The Labute approximate surface area is 141 Å². The Morgan fingerprint density at radius 2 is 1.95 bits per heavy atom. The van der Waals surface area contributed by atoms with Gasteiger partial charge in [0.1, 0.15) is 0 Å². The van der Waals surface area contributed by atoms with E-state index in [0.29, 0.717) is 16.8 Å². The van der Waals surface area contributed by atoms with Gasteiger partial charge in [0, 0.05) is 43.0 Å². The van der Waals surface area contributed by atoms with Gasteiger partial charge >= 0.3 is 0 Å². The van der Waals surface area contributed by atoms with Gasteiger partial charge in [-0.1, -0.05) is 42.4 Å². The van der Waals surface area contributed by atoms with Crippen LogP contribution in [0.1, 0.15) is 18.6 Å². The van der Waals surface area contributed by atoms with Crippen LogP contribution in [0.15, 0.2) is 29.3 Å². The maximum Gasteiger partial charge on any atom is 0.159 e. The van der Waals surface area contributed by atoms with Crippen molar-refractivity contribution in [3.8, 4) is 0 Å². The molecular weight excluding hydrogens is 318 g/mol. The monoisotopic (exact) mass is 339 g/mol. The van der Waals surface area contributed by atoms with E-state index in [1.54, 1.807) is 0 Å². The summed E-state index contributed by atoms with van der Waals surface area (Å²) in [5.74, 6) is 0. The number of piperazine rings is 1. The summed E-state index contributed by atoms with van der Waals surface area (Å²) in [5, 5.41) is 12.9. The normalized spacial score (nSPS) is 24.4. The molecule has 0 amide bonds. The standard InChI is InChI=1S/C16H22ClN3OS/c1-12-10-18-16(22-12)20-8-6-19(7-9-20)11-15(21)13-2-4-14(17)5-3-13/h2-5,12,15,21H,6-11H2,1H3. The highest BCUT2D eigenvalue weighted by molar-refractivity contribution is 8.14. The number of halogens is 1. The Bertz CT molecular complexity index is 529. The Morgan fingerprint density at radius 3 is 2.55 bits per heavy atom. The van der Waals surface area contributed by atoms with Gasteiger partial charge in [0.15, 0.2) is 5.17 Å². The van der Waals surface area contributed by atoms with Gasteiger partial charge in [-0.15, -0.1) is 0 Å². The van der Waals surface area contributed by atoms with Crippen LogP contribution in [-0.2, 0) is 0 Å². The van der Waals surface area contributed by atoms with E-state index in [0.717, 1.165) is 38.3 Å². The van der Waals surface area contributed by atoms with E-state index < -0.39 is 6.10 Å². The molecule has 1 fully saturated rings. The van der Waals surface area contributed by atoms with E-state index in [1.807, 2.05) is 36.0 Å². The number of aliphatic hydroxyl groups is 1. The Hall–Kier alpha value is -0.750. The van der Waals surface area contributed by atoms with Crippen molar-refractivity contribution in [3.63, 3.8) is 0 Å². The number of hydrogen-bond acceptors (Lipinski definition) is 5. The zero-order valence-corrected chi connectivity index (χ0v) is 14.4. The molecule has 2 aliphatic heterocycles. The van der Waals surface area contributed by atoms with Gasteiger partial charge in [0.2, 0.25) is 0 Å². The predicted octanol–water partition coefficient (Wildman–Crippen LogP) is 2.48. The molecule has 0 aromatic heterocycles. The number of benzene rings is 1. The lowest BCUT2D eigenvalue weighted by Gasteiger charge is -2.36. The summed E-state index contributed by atoms with van der Waals surface area (Å²) in [7, 11) is 0. The third-order valence-electron chi connectivity index (χ3n) is 4.12. The summed E-state index contributed by atoms with van der Waals surface area (Å²) < 4.78 is 0. The molecule has 0 aliphatic carbocycles. The molecule has 0 radical (unpaired) electrons. The molecule has 0 bridgehead atoms. The molecule has 1 aromatic rings. The number of nitrogens with zero attached hydrogens (tertiary/aromatic N) is 3. The predicted molar refractivity (Wildman–Crippen MR) is 93.8 cm³/mol. The number of rotatable bonds is 3. The number of aliphatic hydroxyl groups excluding tert-OH is 1. The van der Waals surface area contributed by atoms with Crippen LogP contribution < -0.4 is 0 Å². The van der Waals surface area contributed by atoms with E-state index in [-0.39, 0.29) is 0 Å². The smallest absolute Gasteiger partial charge is 0.159 e. The molecule has 2 atom stereocenters. The van der Waals surface area contributed by atoms with Crippen LogP contribution >= 0.6 is 23.4 Å². The van der Waals surface area contributed by atoms with Gasteiger partial charge in [-0.05, 0) is 17.7 Å². The highest BCUT2D eigenvalue weighted by Crippen LogP contribution is 2.24. The number of amidine groups is 1. The second-order valence-corrected chi connectivity index (χ2v) is 7.75. The molecule has 3 rings (SSSR count). The SMILES string of the molecule is CC1CN=C(N2CCN(CC(O)c3ccc(Cl)cc3)CC2)S1. The molecule has 2 unspecified atom stereocenters. The highest BCUT2D eigenvalue weighted by Gasteiger charge is 2.25. The third-order valence-corrected chi connectivity index (χ3v) is 5.52. The molecule has 22 heavy (non-hydrogen) atoms. The van der Waals surface area contributed by atoms with Gasteiger partial charge in [-0.25, -0.2) is 0 Å². The molecule has 2 heterocycles. The molecule has 120 valence electrons. The molecule has 6 heteroatoms. The minimum atomic E-state index is -0.456. The van der Waals surface area contributed by atoms with Crippen molar-refractivity contribution in [2.45, 2.75) is 18.3 Å². The van der Waals surface area contributed by atoms with E-state index in [2.05, 4.69) is 21.7 Å². The molecule has 0 saturated carbocycles. The number of aliphatic imine (C=N–C) groups is 1. The van der Waals surface area contributed by atoms with Gasteiger partial charge in [-0.2, -0.15) is 0 Å². The van der Waals surface area contributed by atoms with Crippen molar-refractivity contribution in [1.82, 2.24) is 9.80 Å². The summed E-state index contributed by atoms with van der Waals surface area (Å²) >= 11 is 7.77. The summed E-state index contributed by atoms with van der Waals surface area (Å²) in [6.45, 7) is 7.76. The fraction of sp³-hybridized carbons (Fsp3) is 0.562. The van der Waals surface area contributed by atoms with Crippen molar-refractivity contribution in [2.75, 3.05) is 39.3 Å². The van der Waals surface area contributed by atoms with Crippen molar-refractivity contribution >= 4 is 28.5 Å². The number of hydrogen-bond donors (Lipinski definition) is 1. The molecule has 4 nitrogen and oxygen atoms in total. The lowest BCUT2D eigenvalue weighted by molar-refractivity contribution is 0.0904. The quantitative estimate of drug-likeness (QED) is 0.918. The maximum absolute atomic E-state index is 10.3. The Balaban J connectivity index is 1.48. The van der Waals surface area contributed by atoms with E-state index in [9.17, 15) is 5.11 Å². The van der Waals surface area contributed by atoms with Crippen LogP contribution in [0.3, 0.4) is 0 Å². The van der Waals surface area contributed by atoms with Crippen LogP contribution in [0.25, 0.3) is 0 Å². The fourth-order valence-electron chi connectivity index (χ4n) is 2.79. The molecule has 0 spiro atoms. The third kappa shape index (κ3) is 3.96. The Kier molecular flexibility index (Phi) is 5.29. The first-order valence-electron chi connectivity index (χ1n) is 7.74. The largest absolute Gasteiger partial charge is 0.387 e. The zero-order valence-electron chi connectivity index (χ0n) is 12.8. The lowest BCUT2D eigenvalue weighted by atomic mass is 10.1. The van der Waals surface area contributed by atoms with Crippen LogP contribution in [0, 0.1) is 0 Å². The van der Waals surface area contributed by atoms with Gasteiger partial charge in [0.05, 0.1) is 12.6 Å². The van der Waals surface area contributed by atoms with Crippen molar-refractivity contribution in [3.05, 3.63) is 34.9 Å². The van der Waals surface area contributed by atoms with Gasteiger partial charge in [-0.3, -0.25) is 9.89 Å². The summed E-state index contributed by atoms with van der Waals surface area (Å²) in [5.41, 5.74) is 0.927. The first-order valence-corrected chi connectivity index (χ1v) is 8.99. The minimum Gasteiger partial charge on any atom is -0.387 e. The van der Waals surface area contributed by atoms with Crippen molar-refractivity contribution < 1.29 is 5.11 Å². The van der Waals surface area contributed by atoms with Crippen LogP contribution in [0.4, 0.5) is 0 Å². The van der Waals surface area contributed by atoms with E-state index in [1.165, 1.54) is 5.17 Å². The second kappa shape index (κ2) is 7.21. The molecule has 2 aliphatic rings. The number of β-amino-alcohol motifs (C(OH)–C–C–N with tert-alkyl or cyclic N) is 1. The first-order chi connectivity index (χ1) is 10.6. The van der Waals surface area contributed by atoms with Crippen molar-refractivity contribution in [2.24, 2.45) is 4.99 Å². The average molecular weight is 340 g/mol. The average Bonchev–Trinajstić information content (AvgIpc) is 2.95. The maximum atomic E-state index is 10.3. The number of thioether (sulfide) groups is 1. The summed E-state index contributed by atoms with van der Waals surface area (Å²) in [6.07, 6.45) is -0.456.